The van der Waals surface area contributed by atoms with Crippen LogP contribution in [0, 0.1) is 0 Å². The Bertz CT molecular complexity index is 399. The second kappa shape index (κ2) is 6.25. The van der Waals surface area contributed by atoms with E-state index in [9.17, 15) is 4.79 Å². The van der Waals surface area contributed by atoms with Crippen molar-refractivity contribution in [2.24, 2.45) is 0 Å². The highest BCUT2D eigenvalue weighted by molar-refractivity contribution is 5.99. The first-order chi connectivity index (χ1) is 8.15. The lowest BCUT2D eigenvalue weighted by atomic mass is 9.98. The van der Waals surface area contributed by atoms with Crippen molar-refractivity contribution < 1.29 is 19.4 Å². The zero-order valence-corrected chi connectivity index (χ0v) is 10.4. The van der Waals surface area contributed by atoms with Crippen molar-refractivity contribution in [2.75, 3.05) is 20.8 Å². The van der Waals surface area contributed by atoms with Gasteiger partial charge in [-0.25, -0.2) is 0 Å². The van der Waals surface area contributed by atoms with E-state index in [0.29, 0.717) is 29.9 Å². The van der Waals surface area contributed by atoms with E-state index in [2.05, 4.69) is 0 Å². The zero-order chi connectivity index (χ0) is 12.8. The van der Waals surface area contributed by atoms with Gasteiger partial charge in [0.05, 0.1) is 19.8 Å². The van der Waals surface area contributed by atoms with Crippen LogP contribution in [0.5, 0.6) is 11.5 Å². The number of aliphatic hydroxyl groups is 1. The molecule has 0 atom stereocenters. The molecule has 0 radical (unpaired) electrons. The maximum Gasteiger partial charge on any atom is 0.163 e. The predicted molar refractivity (Wildman–Crippen MR) is 65.0 cm³/mol. The maximum absolute atomic E-state index is 11.7. The van der Waals surface area contributed by atoms with Crippen molar-refractivity contribution >= 4 is 5.78 Å². The van der Waals surface area contributed by atoms with Gasteiger partial charge < -0.3 is 14.6 Å². The van der Waals surface area contributed by atoms with Crippen molar-refractivity contribution in [1.82, 2.24) is 0 Å². The molecule has 1 rings (SSSR count). The molecule has 0 aromatic heterocycles. The van der Waals surface area contributed by atoms with E-state index in [4.69, 9.17) is 14.6 Å². The van der Waals surface area contributed by atoms with E-state index in [0.717, 1.165) is 5.56 Å². The largest absolute Gasteiger partial charge is 0.496 e. The second-order valence-corrected chi connectivity index (χ2v) is 3.71. The smallest absolute Gasteiger partial charge is 0.163 e. The summed E-state index contributed by atoms with van der Waals surface area (Å²) in [4.78, 5) is 11.7. The van der Waals surface area contributed by atoms with E-state index in [1.165, 1.54) is 14.0 Å². The van der Waals surface area contributed by atoms with Gasteiger partial charge in [0.25, 0.3) is 0 Å². The SMILES string of the molecule is COc1ccc(OC)c(C(C)=O)c1CCCO. The first kappa shape index (κ1) is 13.5. The highest BCUT2D eigenvalue weighted by Crippen LogP contribution is 2.31. The number of ketones is 1. The minimum absolute atomic E-state index is 0.0614. The van der Waals surface area contributed by atoms with Crippen LogP contribution >= 0.6 is 0 Å². The fourth-order valence-corrected chi connectivity index (χ4v) is 1.86. The molecule has 0 spiro atoms. The average molecular weight is 238 g/mol. The van der Waals surface area contributed by atoms with Gasteiger partial charge in [-0.15, -0.1) is 0 Å². The lowest BCUT2D eigenvalue weighted by molar-refractivity contribution is 0.101. The van der Waals surface area contributed by atoms with Crippen LogP contribution in [-0.4, -0.2) is 31.7 Å². The molecule has 94 valence electrons. The minimum atomic E-state index is -0.0614. The molecule has 0 aliphatic carbocycles. The summed E-state index contributed by atoms with van der Waals surface area (Å²) in [6.07, 6.45) is 1.18. The number of ether oxygens (including phenoxy) is 2. The topological polar surface area (TPSA) is 55.8 Å². The normalized spacial score (nSPS) is 10.1. The van der Waals surface area contributed by atoms with Crippen LogP contribution in [0.15, 0.2) is 12.1 Å². The Kier molecular flexibility index (Phi) is 4.97. The third-order valence-electron chi connectivity index (χ3n) is 2.61. The number of Topliss-reactive ketones (excluding diaryl/α,β-unsaturated/α-hetero) is 1. The molecule has 0 unspecified atom stereocenters. The van der Waals surface area contributed by atoms with E-state index in [1.807, 2.05) is 0 Å². The predicted octanol–water partition coefficient (Wildman–Crippen LogP) is 1.83. The first-order valence-electron chi connectivity index (χ1n) is 5.51. The number of benzene rings is 1. The van der Waals surface area contributed by atoms with Crippen molar-refractivity contribution in [3.63, 3.8) is 0 Å². The van der Waals surface area contributed by atoms with Crippen LogP contribution in [0.2, 0.25) is 0 Å². The van der Waals surface area contributed by atoms with E-state index in [-0.39, 0.29) is 12.4 Å². The molecule has 4 nitrogen and oxygen atoms in total. The molecule has 4 heteroatoms. The van der Waals surface area contributed by atoms with Gasteiger partial charge >= 0.3 is 0 Å². The molecule has 0 amide bonds. The molecule has 1 N–H and O–H groups in total. The summed E-state index contributed by atoms with van der Waals surface area (Å²) in [5.74, 6) is 1.14. The number of carbonyl (C=O) groups is 1. The summed E-state index contributed by atoms with van der Waals surface area (Å²) in [7, 11) is 3.10. The van der Waals surface area contributed by atoms with Crippen LogP contribution in [0.4, 0.5) is 0 Å². The average Bonchev–Trinajstić information content (AvgIpc) is 2.34. The summed E-state index contributed by atoms with van der Waals surface area (Å²) >= 11 is 0. The molecule has 0 bridgehead atoms. The molecule has 17 heavy (non-hydrogen) atoms. The molecule has 0 fully saturated rings. The number of hydrogen-bond acceptors (Lipinski definition) is 4. The van der Waals surface area contributed by atoms with Crippen molar-refractivity contribution in [3.8, 4) is 11.5 Å². The van der Waals surface area contributed by atoms with Gasteiger partial charge in [-0.1, -0.05) is 0 Å². The number of hydrogen-bond donors (Lipinski definition) is 1. The number of aliphatic hydroxyl groups excluding tert-OH is 1. The summed E-state index contributed by atoms with van der Waals surface area (Å²) in [5.41, 5.74) is 1.34. The Morgan fingerprint density at radius 2 is 1.82 bits per heavy atom. The van der Waals surface area contributed by atoms with Gasteiger partial charge in [0.15, 0.2) is 5.78 Å². The van der Waals surface area contributed by atoms with Crippen LogP contribution in [-0.2, 0) is 6.42 Å². The standard InChI is InChI=1S/C13H18O4/c1-9(15)13-10(5-4-8-14)11(16-2)6-7-12(13)17-3/h6-7,14H,4-5,8H2,1-3H3. The quantitative estimate of drug-likeness (QED) is 0.768. The Labute approximate surface area is 101 Å². The van der Waals surface area contributed by atoms with Gasteiger partial charge in [0.1, 0.15) is 11.5 Å². The lowest BCUT2D eigenvalue weighted by Crippen LogP contribution is -2.06. The Morgan fingerprint density at radius 3 is 2.29 bits per heavy atom. The Morgan fingerprint density at radius 1 is 1.24 bits per heavy atom. The van der Waals surface area contributed by atoms with Crippen molar-refractivity contribution in [2.45, 2.75) is 19.8 Å². The minimum Gasteiger partial charge on any atom is -0.496 e. The Hall–Kier alpha value is -1.55. The van der Waals surface area contributed by atoms with E-state index in [1.54, 1.807) is 19.2 Å². The number of rotatable bonds is 6. The number of carbonyl (C=O) groups excluding carboxylic acids is 1. The van der Waals surface area contributed by atoms with Crippen LogP contribution in [0.1, 0.15) is 29.3 Å². The molecule has 0 saturated heterocycles. The maximum atomic E-state index is 11.7. The molecule has 0 saturated carbocycles. The highest BCUT2D eigenvalue weighted by Gasteiger charge is 2.17. The molecular formula is C13H18O4. The second-order valence-electron chi connectivity index (χ2n) is 3.71. The molecule has 0 heterocycles. The van der Waals surface area contributed by atoms with Gasteiger partial charge in [-0.05, 0) is 31.9 Å². The molecule has 1 aromatic rings. The zero-order valence-electron chi connectivity index (χ0n) is 10.4. The first-order valence-corrected chi connectivity index (χ1v) is 5.51. The van der Waals surface area contributed by atoms with Crippen LogP contribution in [0.3, 0.4) is 0 Å². The monoisotopic (exact) mass is 238 g/mol. The summed E-state index contributed by atoms with van der Waals surface area (Å²) in [6.45, 7) is 1.58. The van der Waals surface area contributed by atoms with Crippen molar-refractivity contribution in [3.05, 3.63) is 23.3 Å². The fraction of sp³-hybridized carbons (Fsp3) is 0.462. The number of methoxy groups -OCH3 is 2. The molecule has 0 aliphatic heterocycles. The van der Waals surface area contributed by atoms with Crippen LogP contribution < -0.4 is 9.47 Å². The Balaban J connectivity index is 3.30. The lowest BCUT2D eigenvalue weighted by Gasteiger charge is -2.15. The summed E-state index contributed by atoms with van der Waals surface area (Å²) < 4.78 is 10.4. The molecule has 0 aliphatic rings. The summed E-state index contributed by atoms with van der Waals surface area (Å²) in [6, 6.07) is 3.50. The van der Waals surface area contributed by atoms with E-state index >= 15 is 0 Å². The highest BCUT2D eigenvalue weighted by atomic mass is 16.5. The van der Waals surface area contributed by atoms with Gasteiger partial charge in [0, 0.05) is 12.2 Å². The summed E-state index contributed by atoms with van der Waals surface area (Å²) in [5, 5.41) is 8.89. The molecular weight excluding hydrogens is 220 g/mol. The fourth-order valence-electron chi connectivity index (χ4n) is 1.86. The third kappa shape index (κ3) is 2.97. The van der Waals surface area contributed by atoms with Crippen molar-refractivity contribution in [1.29, 1.82) is 0 Å². The van der Waals surface area contributed by atoms with Crippen LogP contribution in [0.25, 0.3) is 0 Å². The van der Waals surface area contributed by atoms with Gasteiger partial charge in [-0.2, -0.15) is 0 Å². The van der Waals surface area contributed by atoms with E-state index < -0.39 is 0 Å². The molecule has 1 aromatic carbocycles. The van der Waals surface area contributed by atoms with Gasteiger partial charge in [-0.3, -0.25) is 4.79 Å². The third-order valence-corrected chi connectivity index (χ3v) is 2.61. The van der Waals surface area contributed by atoms with Gasteiger partial charge in [0.2, 0.25) is 0 Å².